The summed E-state index contributed by atoms with van der Waals surface area (Å²) in [5, 5.41) is 14.5. The van der Waals surface area contributed by atoms with Gasteiger partial charge in [-0.3, -0.25) is 4.79 Å². The summed E-state index contributed by atoms with van der Waals surface area (Å²) in [6.07, 6.45) is 1.69. The van der Waals surface area contributed by atoms with Crippen LogP contribution in [0.1, 0.15) is 70.7 Å². The molecule has 2 aromatic carbocycles. The largest absolute Gasteiger partial charge is 0.508 e. The number of hydrogen-bond donors (Lipinski definition) is 3. The molecule has 0 heterocycles. The van der Waals surface area contributed by atoms with Crippen molar-refractivity contribution in [2.75, 3.05) is 7.05 Å². The number of nitrogens with one attached hydrogen (secondary N) is 1. The Bertz CT molecular complexity index is 951. The van der Waals surface area contributed by atoms with Crippen molar-refractivity contribution in [3.8, 4) is 5.75 Å². The lowest BCUT2D eigenvalue weighted by atomic mass is 9.87. The van der Waals surface area contributed by atoms with Gasteiger partial charge in [0, 0.05) is 7.05 Å². The number of aryl methyl sites for hydroxylation is 4. The molecule has 6 heteroatoms. The molecular formula is C30H49N3O3. The Kier molecular flexibility index (Phi) is 20.5. The van der Waals surface area contributed by atoms with Gasteiger partial charge in [0.2, 0.25) is 0 Å². The lowest BCUT2D eigenvalue weighted by Gasteiger charge is -2.18. The second kappa shape index (κ2) is 19.8. The van der Waals surface area contributed by atoms with Crippen LogP contribution < -0.4 is 11.1 Å². The number of carbonyl (C=O) groups is 1. The lowest BCUT2D eigenvalue weighted by molar-refractivity contribution is -0.112. The number of benzene rings is 2. The standard InChI is InChI=1S/C9H11NO.C9H16O.C7H8O.C3H8N2.C2H6/c1-6-4-8(3)9(10-11)5-7(6)2;1-7(6-8(2)10)9(3,4)5;1-6-4-2-3-5-7(6)8;1-3(4)5-2;1-2/h4-5H,1-3H3;6H,1-5H3;2-5,8H,1H3;5H,1,4H2,2H3;1-2H3/b;7-6+;;;. The zero-order valence-electron chi connectivity index (χ0n) is 24.5. The minimum atomic E-state index is 0.131. The molecule has 6 nitrogen and oxygen atoms in total. The van der Waals surface area contributed by atoms with Crippen LogP contribution in [-0.2, 0) is 4.79 Å². The fraction of sp³-hybridized carbons (Fsp3) is 0.433. The highest BCUT2D eigenvalue weighted by Crippen LogP contribution is 2.24. The first-order valence-electron chi connectivity index (χ1n) is 12.0. The van der Waals surface area contributed by atoms with Gasteiger partial charge in [0.1, 0.15) is 11.4 Å². The fourth-order valence-electron chi connectivity index (χ4n) is 2.13. The Labute approximate surface area is 219 Å². The van der Waals surface area contributed by atoms with Gasteiger partial charge in [0.25, 0.3) is 0 Å². The first kappa shape index (κ1) is 37.1. The first-order valence-corrected chi connectivity index (χ1v) is 12.0. The van der Waals surface area contributed by atoms with E-state index in [1.165, 1.54) is 5.56 Å². The maximum atomic E-state index is 10.6. The second-order valence-electron chi connectivity index (χ2n) is 9.06. The zero-order chi connectivity index (χ0) is 29.1. The number of nitrogens with zero attached hydrogens (tertiary/aromatic N) is 1. The van der Waals surface area contributed by atoms with E-state index in [2.05, 4.69) is 37.8 Å². The Morgan fingerprint density at radius 2 is 1.42 bits per heavy atom. The van der Waals surface area contributed by atoms with E-state index in [-0.39, 0.29) is 11.2 Å². The van der Waals surface area contributed by atoms with Gasteiger partial charge in [-0.05, 0) is 92.6 Å². The molecule has 0 aliphatic rings. The van der Waals surface area contributed by atoms with Gasteiger partial charge in [-0.25, -0.2) is 0 Å². The molecule has 0 bridgehead atoms. The molecule has 202 valence electrons. The van der Waals surface area contributed by atoms with Gasteiger partial charge >= 0.3 is 0 Å². The van der Waals surface area contributed by atoms with E-state index >= 15 is 0 Å². The van der Waals surface area contributed by atoms with Gasteiger partial charge in [-0.15, -0.1) is 4.91 Å². The normalized spacial score (nSPS) is 9.83. The van der Waals surface area contributed by atoms with Crippen molar-refractivity contribution in [3.05, 3.63) is 87.6 Å². The molecule has 0 atom stereocenters. The lowest BCUT2D eigenvalue weighted by Crippen LogP contribution is -2.11. The first-order chi connectivity index (χ1) is 16.6. The number of aromatic hydroxyl groups is 1. The third-order valence-electron chi connectivity index (χ3n) is 4.95. The number of ketones is 1. The molecule has 2 aromatic rings. The van der Waals surface area contributed by atoms with Crippen molar-refractivity contribution in [3.63, 3.8) is 0 Å². The molecule has 0 spiro atoms. The number of carbonyl (C=O) groups excluding carboxylic acids is 1. The third-order valence-corrected chi connectivity index (χ3v) is 4.95. The molecule has 0 fully saturated rings. The number of allylic oxidation sites excluding steroid dienone is 2. The van der Waals surface area contributed by atoms with Gasteiger partial charge < -0.3 is 16.2 Å². The van der Waals surface area contributed by atoms with Gasteiger partial charge in [-0.1, -0.05) is 71.0 Å². The summed E-state index contributed by atoms with van der Waals surface area (Å²) in [6, 6.07) is 11.0. The molecule has 0 aliphatic heterocycles. The Morgan fingerprint density at radius 1 is 0.972 bits per heavy atom. The van der Waals surface area contributed by atoms with Crippen LogP contribution in [0.3, 0.4) is 0 Å². The number of phenolic OH excluding ortho intramolecular Hbond substituents is 1. The summed E-state index contributed by atoms with van der Waals surface area (Å²) in [5.41, 5.74) is 11.0. The number of phenols is 1. The van der Waals surface area contributed by atoms with E-state index in [1.807, 2.05) is 78.8 Å². The molecular weight excluding hydrogens is 450 g/mol. The monoisotopic (exact) mass is 499 g/mol. The quantitative estimate of drug-likeness (QED) is 0.294. The van der Waals surface area contributed by atoms with Gasteiger partial charge in [0.05, 0.1) is 5.82 Å². The van der Waals surface area contributed by atoms with Gasteiger partial charge in [0.15, 0.2) is 5.78 Å². The number of nitroso groups, excluding NO2 is 1. The minimum Gasteiger partial charge on any atom is -0.508 e. The van der Waals surface area contributed by atoms with Crippen LogP contribution >= 0.6 is 0 Å². The summed E-state index contributed by atoms with van der Waals surface area (Å²) in [7, 11) is 1.72. The van der Waals surface area contributed by atoms with Crippen molar-refractivity contribution in [1.82, 2.24) is 5.32 Å². The third kappa shape index (κ3) is 19.0. The van der Waals surface area contributed by atoms with Crippen molar-refractivity contribution in [1.29, 1.82) is 0 Å². The Balaban J connectivity index is -0.000000406. The van der Waals surface area contributed by atoms with Crippen LogP contribution in [0.4, 0.5) is 5.69 Å². The average Bonchev–Trinajstić information content (AvgIpc) is 2.80. The SMILES string of the molecule is C=C(N)NC.CC.CC(=O)/C=C(\C)C(C)(C)C.Cc1cc(C)c(N=O)cc1C.Cc1ccccc1O. The minimum absolute atomic E-state index is 0.131. The molecule has 0 amide bonds. The van der Waals surface area contributed by atoms with E-state index in [1.54, 1.807) is 26.1 Å². The van der Waals surface area contributed by atoms with Crippen LogP contribution in [0.25, 0.3) is 0 Å². The van der Waals surface area contributed by atoms with E-state index in [4.69, 9.17) is 10.8 Å². The molecule has 36 heavy (non-hydrogen) atoms. The van der Waals surface area contributed by atoms with Crippen LogP contribution in [0, 0.1) is 38.0 Å². The van der Waals surface area contributed by atoms with Crippen LogP contribution in [0.2, 0.25) is 0 Å². The highest BCUT2D eigenvalue weighted by Gasteiger charge is 2.12. The molecule has 0 radical (unpaired) electrons. The van der Waals surface area contributed by atoms with E-state index < -0.39 is 0 Å². The number of rotatable bonds is 3. The molecule has 0 saturated heterocycles. The molecule has 0 aromatic heterocycles. The summed E-state index contributed by atoms with van der Waals surface area (Å²) in [5.74, 6) is 1.00. The Hall–Kier alpha value is -3.41. The number of hydrogen-bond acceptors (Lipinski definition) is 6. The van der Waals surface area contributed by atoms with E-state index in [9.17, 15) is 9.70 Å². The molecule has 0 unspecified atom stereocenters. The average molecular weight is 500 g/mol. The number of nitrogens with two attached hydrogens (primary N) is 1. The Morgan fingerprint density at radius 3 is 1.69 bits per heavy atom. The molecule has 0 saturated carbocycles. The smallest absolute Gasteiger partial charge is 0.152 e. The molecule has 2 rings (SSSR count). The topological polar surface area (TPSA) is 105 Å². The van der Waals surface area contributed by atoms with Gasteiger partial charge in [-0.2, -0.15) is 0 Å². The maximum Gasteiger partial charge on any atom is 0.152 e. The van der Waals surface area contributed by atoms with E-state index in [0.29, 0.717) is 17.3 Å². The summed E-state index contributed by atoms with van der Waals surface area (Å²) >= 11 is 0. The molecule has 0 aliphatic carbocycles. The fourth-order valence-corrected chi connectivity index (χ4v) is 2.13. The van der Waals surface area contributed by atoms with Crippen molar-refractivity contribution in [2.24, 2.45) is 16.3 Å². The van der Waals surface area contributed by atoms with Crippen LogP contribution in [0.5, 0.6) is 5.75 Å². The summed E-state index contributed by atoms with van der Waals surface area (Å²) in [4.78, 5) is 20.9. The summed E-state index contributed by atoms with van der Waals surface area (Å²) in [6.45, 7) is 25.0. The van der Waals surface area contributed by atoms with Crippen LogP contribution in [-0.4, -0.2) is 17.9 Å². The predicted molar refractivity (Wildman–Crippen MR) is 157 cm³/mol. The van der Waals surface area contributed by atoms with Crippen molar-refractivity contribution >= 4 is 11.5 Å². The highest BCUT2D eigenvalue weighted by molar-refractivity contribution is 5.88. The van der Waals surface area contributed by atoms with E-state index in [0.717, 1.165) is 22.3 Å². The van der Waals surface area contributed by atoms with Crippen molar-refractivity contribution in [2.45, 2.75) is 76.2 Å². The number of para-hydroxylation sites is 1. The molecule has 4 N–H and O–H groups in total. The van der Waals surface area contributed by atoms with Crippen molar-refractivity contribution < 1.29 is 9.90 Å². The van der Waals surface area contributed by atoms with Crippen LogP contribution in [0.15, 0.2) is 65.6 Å². The summed E-state index contributed by atoms with van der Waals surface area (Å²) < 4.78 is 0. The maximum absolute atomic E-state index is 10.6. The highest BCUT2D eigenvalue weighted by atomic mass is 16.3. The second-order valence-corrected chi connectivity index (χ2v) is 9.06. The zero-order valence-corrected chi connectivity index (χ0v) is 24.5. The predicted octanol–water partition coefficient (Wildman–Crippen LogP) is 7.94.